The summed E-state index contributed by atoms with van der Waals surface area (Å²) in [4.78, 5) is 20.0. The fourth-order valence-corrected chi connectivity index (χ4v) is 2.86. The van der Waals surface area contributed by atoms with Gasteiger partial charge in [0.05, 0.1) is 11.0 Å². The van der Waals surface area contributed by atoms with E-state index in [0.717, 1.165) is 41.8 Å². The van der Waals surface area contributed by atoms with Crippen LogP contribution in [0.1, 0.15) is 23.9 Å². The number of nitrogens with one attached hydrogen (secondary N) is 1. The summed E-state index contributed by atoms with van der Waals surface area (Å²) in [7, 11) is 0. The summed E-state index contributed by atoms with van der Waals surface area (Å²) in [6.45, 7) is 2.95. The summed E-state index contributed by atoms with van der Waals surface area (Å²) >= 11 is 0. The minimum Gasteiger partial charge on any atom is -0.328 e. The molecule has 2 heterocycles. The van der Waals surface area contributed by atoms with E-state index in [9.17, 15) is 4.79 Å². The highest BCUT2D eigenvalue weighted by Crippen LogP contribution is 2.20. The Labute approximate surface area is 145 Å². The van der Waals surface area contributed by atoms with Gasteiger partial charge in [-0.15, -0.1) is 0 Å². The van der Waals surface area contributed by atoms with Gasteiger partial charge in [-0.1, -0.05) is 12.1 Å². The number of carbonyl (C=O) groups excluding carboxylic acids is 1. The molecule has 0 bridgehead atoms. The molecule has 0 saturated heterocycles. The van der Waals surface area contributed by atoms with E-state index in [0.29, 0.717) is 0 Å². The molecule has 25 heavy (non-hydrogen) atoms. The summed E-state index contributed by atoms with van der Waals surface area (Å²) in [5, 5.41) is 8.54. The number of fused-ring (bicyclic) bond motifs is 1. The summed E-state index contributed by atoms with van der Waals surface area (Å²) in [6, 6.07) is 9.90. The molecule has 0 atom stereocenters. The van der Waals surface area contributed by atoms with Crippen molar-refractivity contribution in [2.75, 3.05) is 0 Å². The van der Waals surface area contributed by atoms with Crippen molar-refractivity contribution in [2.24, 2.45) is 0 Å². The number of aromatic nitrogens is 3. The lowest BCUT2D eigenvalue weighted by atomic mass is 10.1. The number of imidazole rings is 1. The molecule has 3 rings (SSSR count). The van der Waals surface area contributed by atoms with Crippen LogP contribution in [0.25, 0.3) is 17.1 Å². The molecule has 2 N–H and O–H groups in total. The first-order valence-corrected chi connectivity index (χ1v) is 8.21. The first kappa shape index (κ1) is 16.9. The molecular formula is C19H20N4O2. The van der Waals surface area contributed by atoms with E-state index < -0.39 is 5.91 Å². The molecule has 0 aliphatic rings. The number of amides is 1. The fraction of sp³-hybridized carbons (Fsp3) is 0.211. The highest BCUT2D eigenvalue weighted by Gasteiger charge is 2.10. The molecule has 0 aliphatic heterocycles. The van der Waals surface area contributed by atoms with Crippen LogP contribution in [0.3, 0.4) is 0 Å². The molecule has 0 aliphatic carbocycles. The zero-order valence-electron chi connectivity index (χ0n) is 14.0. The summed E-state index contributed by atoms with van der Waals surface area (Å²) in [5.41, 5.74) is 5.60. The van der Waals surface area contributed by atoms with Gasteiger partial charge in [0.2, 0.25) is 0 Å². The molecule has 6 heteroatoms. The van der Waals surface area contributed by atoms with Crippen molar-refractivity contribution in [3.05, 3.63) is 65.8 Å². The highest BCUT2D eigenvalue weighted by molar-refractivity contribution is 5.91. The van der Waals surface area contributed by atoms with Gasteiger partial charge in [0, 0.05) is 31.4 Å². The number of pyridine rings is 1. The van der Waals surface area contributed by atoms with Crippen molar-refractivity contribution in [2.45, 2.75) is 26.3 Å². The molecule has 0 saturated carbocycles. The summed E-state index contributed by atoms with van der Waals surface area (Å²) in [5.74, 6) is 0.479. The summed E-state index contributed by atoms with van der Waals surface area (Å²) in [6.07, 6.45) is 8.31. The molecule has 0 radical (unpaired) electrons. The van der Waals surface area contributed by atoms with Crippen molar-refractivity contribution in [1.82, 2.24) is 20.0 Å². The Morgan fingerprint density at radius 1 is 1.32 bits per heavy atom. The van der Waals surface area contributed by atoms with Crippen LogP contribution in [-0.2, 0) is 24.2 Å². The largest absolute Gasteiger partial charge is 0.328 e. The summed E-state index contributed by atoms with van der Waals surface area (Å²) < 4.78 is 2.21. The Morgan fingerprint density at radius 3 is 2.92 bits per heavy atom. The van der Waals surface area contributed by atoms with E-state index in [1.165, 1.54) is 11.6 Å². The van der Waals surface area contributed by atoms with Crippen molar-refractivity contribution in [3.8, 4) is 0 Å². The van der Waals surface area contributed by atoms with Crippen LogP contribution in [0.15, 0.2) is 48.8 Å². The molecule has 128 valence electrons. The van der Waals surface area contributed by atoms with Gasteiger partial charge in [-0.25, -0.2) is 10.5 Å². The number of benzene rings is 1. The second-order valence-electron chi connectivity index (χ2n) is 5.69. The van der Waals surface area contributed by atoms with E-state index in [2.05, 4.69) is 22.5 Å². The average molecular weight is 336 g/mol. The minimum absolute atomic E-state index is 0.559. The average Bonchev–Trinajstić information content (AvgIpc) is 3.01. The van der Waals surface area contributed by atoms with Crippen molar-refractivity contribution >= 4 is 23.0 Å². The standard InChI is InChI=1S/C19H20N4O2/c1-2-23-17-8-5-14(7-10-19(24)22-25)12-16(17)21-18(23)9-6-15-4-3-11-20-13-15/h3-5,7-8,10-13,25H,2,6,9H2,1H3,(H,22,24)/b10-7+. The van der Waals surface area contributed by atoms with Crippen molar-refractivity contribution in [3.63, 3.8) is 0 Å². The van der Waals surface area contributed by atoms with Crippen LogP contribution >= 0.6 is 0 Å². The predicted octanol–water partition coefficient (Wildman–Crippen LogP) is 2.75. The Hall–Kier alpha value is -2.99. The van der Waals surface area contributed by atoms with Crippen LogP contribution < -0.4 is 5.48 Å². The van der Waals surface area contributed by atoms with Crippen LogP contribution in [-0.4, -0.2) is 25.6 Å². The van der Waals surface area contributed by atoms with E-state index in [4.69, 9.17) is 10.2 Å². The maximum absolute atomic E-state index is 11.1. The molecule has 3 aromatic rings. The third-order valence-corrected chi connectivity index (χ3v) is 4.06. The molecule has 2 aromatic heterocycles. The van der Waals surface area contributed by atoms with E-state index in [-0.39, 0.29) is 0 Å². The van der Waals surface area contributed by atoms with Gasteiger partial charge >= 0.3 is 0 Å². The predicted molar refractivity (Wildman–Crippen MR) is 96.0 cm³/mol. The molecule has 0 fully saturated rings. The first-order chi connectivity index (χ1) is 12.2. The lowest BCUT2D eigenvalue weighted by molar-refractivity contribution is -0.124. The number of aryl methyl sites for hydroxylation is 3. The lowest BCUT2D eigenvalue weighted by Gasteiger charge is -2.06. The van der Waals surface area contributed by atoms with Gasteiger partial charge < -0.3 is 4.57 Å². The van der Waals surface area contributed by atoms with E-state index in [1.54, 1.807) is 17.8 Å². The molecule has 6 nitrogen and oxygen atoms in total. The Kier molecular flexibility index (Phi) is 5.20. The Morgan fingerprint density at radius 2 is 2.20 bits per heavy atom. The Balaban J connectivity index is 1.86. The van der Waals surface area contributed by atoms with E-state index >= 15 is 0 Å². The van der Waals surface area contributed by atoms with E-state index in [1.807, 2.05) is 30.5 Å². The zero-order valence-corrected chi connectivity index (χ0v) is 14.0. The van der Waals surface area contributed by atoms with Crippen LogP contribution in [0.4, 0.5) is 0 Å². The monoisotopic (exact) mass is 336 g/mol. The van der Waals surface area contributed by atoms with Gasteiger partial charge in [-0.2, -0.15) is 0 Å². The fourth-order valence-electron chi connectivity index (χ4n) is 2.86. The second-order valence-corrected chi connectivity index (χ2v) is 5.69. The van der Waals surface area contributed by atoms with Crippen molar-refractivity contribution < 1.29 is 10.0 Å². The topological polar surface area (TPSA) is 80.0 Å². The van der Waals surface area contributed by atoms with Crippen LogP contribution in [0, 0.1) is 0 Å². The van der Waals surface area contributed by atoms with Gasteiger partial charge in [0.1, 0.15) is 5.82 Å². The minimum atomic E-state index is -0.559. The molecule has 0 unspecified atom stereocenters. The number of hydrogen-bond acceptors (Lipinski definition) is 4. The maximum atomic E-state index is 11.1. The molecule has 0 spiro atoms. The number of rotatable bonds is 6. The zero-order chi connectivity index (χ0) is 17.6. The number of carbonyl (C=O) groups is 1. The number of hydrogen-bond donors (Lipinski definition) is 2. The molecule has 1 amide bonds. The highest BCUT2D eigenvalue weighted by atomic mass is 16.5. The SMILES string of the molecule is CCn1c(CCc2cccnc2)nc2cc(/C=C/C(=O)NO)ccc21. The third kappa shape index (κ3) is 3.92. The quantitative estimate of drug-likeness (QED) is 0.412. The van der Waals surface area contributed by atoms with Crippen molar-refractivity contribution in [1.29, 1.82) is 0 Å². The number of hydroxylamine groups is 1. The van der Waals surface area contributed by atoms with Crippen LogP contribution in [0.2, 0.25) is 0 Å². The smallest absolute Gasteiger partial charge is 0.267 e. The van der Waals surface area contributed by atoms with Gasteiger partial charge in [0.15, 0.2) is 0 Å². The number of nitrogens with zero attached hydrogens (tertiary/aromatic N) is 3. The van der Waals surface area contributed by atoms with Gasteiger partial charge in [-0.05, 0) is 48.7 Å². The van der Waals surface area contributed by atoms with Gasteiger partial charge in [-0.3, -0.25) is 15.0 Å². The third-order valence-electron chi connectivity index (χ3n) is 4.06. The van der Waals surface area contributed by atoms with Gasteiger partial charge in [0.25, 0.3) is 5.91 Å². The molecular weight excluding hydrogens is 316 g/mol. The second kappa shape index (κ2) is 7.72. The maximum Gasteiger partial charge on any atom is 0.267 e. The molecule has 1 aromatic carbocycles. The lowest BCUT2D eigenvalue weighted by Crippen LogP contribution is -2.14. The first-order valence-electron chi connectivity index (χ1n) is 8.21. The Bertz CT molecular complexity index is 900. The van der Waals surface area contributed by atoms with Crippen LogP contribution in [0.5, 0.6) is 0 Å². The normalized spacial score (nSPS) is 11.3.